The van der Waals surface area contributed by atoms with Crippen molar-refractivity contribution in [1.82, 2.24) is 0 Å². The Morgan fingerprint density at radius 1 is 1.11 bits per heavy atom. The molecule has 0 amide bonds. The summed E-state index contributed by atoms with van der Waals surface area (Å²) < 4.78 is 18.4. The van der Waals surface area contributed by atoms with Gasteiger partial charge in [-0.15, -0.1) is 0 Å². The molecule has 2 rings (SSSR count). The number of anilines is 1. The van der Waals surface area contributed by atoms with Gasteiger partial charge in [0.15, 0.2) is 0 Å². The van der Waals surface area contributed by atoms with Gasteiger partial charge in [0.25, 0.3) is 0 Å². The molecule has 0 atom stereocenters. The fraction of sp³-hybridized carbons (Fsp3) is 0.200. The summed E-state index contributed by atoms with van der Waals surface area (Å²) in [4.78, 5) is 0. The first-order valence-electron chi connectivity index (χ1n) is 5.99. The van der Waals surface area contributed by atoms with E-state index in [1.165, 1.54) is 12.1 Å². The van der Waals surface area contributed by atoms with Crippen molar-refractivity contribution in [1.29, 1.82) is 0 Å². The molecule has 0 spiro atoms. The average Bonchev–Trinajstić information content (AvgIpc) is 2.37. The molecule has 0 saturated carbocycles. The molecule has 0 aliphatic rings. The molecule has 0 aromatic heterocycles. The van der Waals surface area contributed by atoms with E-state index < -0.39 is 0 Å². The van der Waals surface area contributed by atoms with Crippen molar-refractivity contribution < 1.29 is 9.13 Å². The third-order valence-corrected chi connectivity index (χ3v) is 2.53. The number of hydrogen-bond acceptors (Lipinski definition) is 2. The van der Waals surface area contributed by atoms with Crippen LogP contribution < -0.4 is 10.1 Å². The van der Waals surface area contributed by atoms with Crippen molar-refractivity contribution in [3.8, 4) is 5.75 Å². The minimum absolute atomic E-state index is 0.211. The van der Waals surface area contributed by atoms with Crippen LogP contribution in [0.1, 0.15) is 12.5 Å². The summed E-state index contributed by atoms with van der Waals surface area (Å²) in [5, 5.41) is 3.24. The molecule has 0 heterocycles. The van der Waals surface area contributed by atoms with Gasteiger partial charge in [-0.1, -0.05) is 18.2 Å². The lowest BCUT2D eigenvalue weighted by molar-refractivity contribution is 0.340. The number of halogens is 1. The van der Waals surface area contributed by atoms with Crippen molar-refractivity contribution in [2.24, 2.45) is 0 Å². The monoisotopic (exact) mass is 245 g/mol. The lowest BCUT2D eigenvalue weighted by Crippen LogP contribution is -2.00. The summed E-state index contributed by atoms with van der Waals surface area (Å²) in [5.41, 5.74) is 1.88. The van der Waals surface area contributed by atoms with E-state index in [1.54, 1.807) is 6.07 Å². The molecule has 0 aliphatic heterocycles. The fourth-order valence-corrected chi connectivity index (χ4v) is 1.71. The molecule has 1 N–H and O–H groups in total. The Kier molecular flexibility index (Phi) is 4.18. The number of nitrogens with one attached hydrogen (secondary N) is 1. The van der Waals surface area contributed by atoms with Crippen LogP contribution in [0, 0.1) is 5.82 Å². The van der Waals surface area contributed by atoms with E-state index in [2.05, 4.69) is 5.32 Å². The molecule has 94 valence electrons. The van der Waals surface area contributed by atoms with Gasteiger partial charge in [0.05, 0.1) is 6.61 Å². The van der Waals surface area contributed by atoms with Gasteiger partial charge in [0.2, 0.25) is 0 Å². The molecule has 0 radical (unpaired) electrons. The second kappa shape index (κ2) is 6.05. The predicted molar refractivity (Wildman–Crippen MR) is 71.3 cm³/mol. The maximum Gasteiger partial charge on any atom is 0.123 e. The molecule has 2 aromatic carbocycles. The van der Waals surface area contributed by atoms with Crippen LogP contribution in [0.4, 0.5) is 10.1 Å². The van der Waals surface area contributed by atoms with Crippen molar-refractivity contribution >= 4 is 5.69 Å². The van der Waals surface area contributed by atoms with Crippen LogP contribution in [0.2, 0.25) is 0 Å². The maximum absolute atomic E-state index is 13.0. The normalized spacial score (nSPS) is 10.1. The predicted octanol–water partition coefficient (Wildman–Crippen LogP) is 3.84. The quantitative estimate of drug-likeness (QED) is 0.864. The van der Waals surface area contributed by atoms with E-state index in [9.17, 15) is 4.39 Å². The molecule has 0 bridgehead atoms. The van der Waals surface area contributed by atoms with Gasteiger partial charge in [0, 0.05) is 18.3 Å². The number of hydrogen-bond donors (Lipinski definition) is 1. The number of benzene rings is 2. The van der Waals surface area contributed by atoms with Gasteiger partial charge in [0.1, 0.15) is 11.6 Å². The Morgan fingerprint density at radius 3 is 2.72 bits per heavy atom. The molecule has 3 heteroatoms. The van der Waals surface area contributed by atoms with Gasteiger partial charge in [-0.05, 0) is 36.8 Å². The molecule has 0 fully saturated rings. The van der Waals surface area contributed by atoms with Crippen LogP contribution in [-0.4, -0.2) is 6.61 Å². The molecule has 0 aliphatic carbocycles. The van der Waals surface area contributed by atoms with E-state index >= 15 is 0 Å². The van der Waals surface area contributed by atoms with Crippen LogP contribution in [0.5, 0.6) is 5.75 Å². The average molecular weight is 245 g/mol. The molecule has 2 nitrogen and oxygen atoms in total. The van der Waals surface area contributed by atoms with Gasteiger partial charge in [-0.2, -0.15) is 0 Å². The molecule has 18 heavy (non-hydrogen) atoms. The van der Waals surface area contributed by atoms with E-state index in [4.69, 9.17) is 4.74 Å². The fourth-order valence-electron chi connectivity index (χ4n) is 1.71. The van der Waals surface area contributed by atoms with Crippen molar-refractivity contribution in [3.05, 3.63) is 59.9 Å². The first kappa shape index (κ1) is 12.4. The van der Waals surface area contributed by atoms with Crippen molar-refractivity contribution in [2.45, 2.75) is 13.5 Å². The minimum Gasteiger partial charge on any atom is -0.494 e. The Balaban J connectivity index is 1.99. The Hall–Kier alpha value is -2.03. The summed E-state index contributed by atoms with van der Waals surface area (Å²) in [5.74, 6) is 0.624. The minimum atomic E-state index is -0.211. The van der Waals surface area contributed by atoms with Gasteiger partial charge in [-0.25, -0.2) is 4.39 Å². The summed E-state index contributed by atoms with van der Waals surface area (Å²) in [6, 6.07) is 14.3. The van der Waals surface area contributed by atoms with Gasteiger partial charge in [-0.3, -0.25) is 0 Å². The zero-order valence-corrected chi connectivity index (χ0v) is 10.3. The lowest BCUT2D eigenvalue weighted by Gasteiger charge is -2.09. The van der Waals surface area contributed by atoms with Gasteiger partial charge >= 0.3 is 0 Å². The van der Waals surface area contributed by atoms with Crippen LogP contribution in [-0.2, 0) is 6.54 Å². The molecule has 0 unspecified atom stereocenters. The topological polar surface area (TPSA) is 21.3 Å². The first-order chi connectivity index (χ1) is 8.78. The Bertz CT molecular complexity index is 513. The van der Waals surface area contributed by atoms with Crippen LogP contribution in [0.15, 0.2) is 48.5 Å². The highest BCUT2D eigenvalue weighted by atomic mass is 19.1. The molecular weight excluding hydrogens is 229 g/mol. The SMILES string of the molecule is CCOc1cccc(NCc2cccc(F)c2)c1. The highest BCUT2D eigenvalue weighted by Gasteiger charge is 1.98. The highest BCUT2D eigenvalue weighted by Crippen LogP contribution is 2.18. The third kappa shape index (κ3) is 3.48. The molecule has 0 saturated heterocycles. The summed E-state index contributed by atoms with van der Waals surface area (Å²) in [6.07, 6.45) is 0. The summed E-state index contributed by atoms with van der Waals surface area (Å²) >= 11 is 0. The van der Waals surface area contributed by atoms with Crippen LogP contribution in [0.3, 0.4) is 0 Å². The Morgan fingerprint density at radius 2 is 1.94 bits per heavy atom. The number of rotatable bonds is 5. The van der Waals surface area contributed by atoms with E-state index in [0.717, 1.165) is 17.0 Å². The smallest absolute Gasteiger partial charge is 0.123 e. The zero-order chi connectivity index (χ0) is 12.8. The van der Waals surface area contributed by atoms with E-state index in [1.807, 2.05) is 37.3 Å². The van der Waals surface area contributed by atoms with Crippen LogP contribution >= 0.6 is 0 Å². The molecular formula is C15H16FNO. The standard InChI is InChI=1S/C15H16FNO/c1-2-18-15-8-4-7-14(10-15)17-11-12-5-3-6-13(16)9-12/h3-10,17H,2,11H2,1H3. The second-order valence-electron chi connectivity index (χ2n) is 3.94. The van der Waals surface area contributed by atoms with Crippen LogP contribution in [0.25, 0.3) is 0 Å². The highest BCUT2D eigenvalue weighted by molar-refractivity contribution is 5.48. The van der Waals surface area contributed by atoms with E-state index in [-0.39, 0.29) is 5.82 Å². The molecule has 2 aromatic rings. The second-order valence-corrected chi connectivity index (χ2v) is 3.94. The largest absolute Gasteiger partial charge is 0.494 e. The third-order valence-electron chi connectivity index (χ3n) is 2.53. The lowest BCUT2D eigenvalue weighted by atomic mass is 10.2. The maximum atomic E-state index is 13.0. The van der Waals surface area contributed by atoms with E-state index in [0.29, 0.717) is 13.2 Å². The summed E-state index contributed by atoms with van der Waals surface area (Å²) in [7, 11) is 0. The van der Waals surface area contributed by atoms with Crippen molar-refractivity contribution in [2.75, 3.05) is 11.9 Å². The Labute approximate surface area is 106 Å². The summed E-state index contributed by atoms with van der Waals surface area (Å²) in [6.45, 7) is 3.19. The van der Waals surface area contributed by atoms with Crippen molar-refractivity contribution in [3.63, 3.8) is 0 Å². The zero-order valence-electron chi connectivity index (χ0n) is 10.3. The van der Waals surface area contributed by atoms with Gasteiger partial charge < -0.3 is 10.1 Å². The first-order valence-corrected chi connectivity index (χ1v) is 5.99. The number of ether oxygens (including phenoxy) is 1.